The van der Waals surface area contributed by atoms with E-state index in [1.807, 2.05) is 6.20 Å². The van der Waals surface area contributed by atoms with E-state index in [-0.39, 0.29) is 5.04 Å². The SMILES string of the molecule is CN(C)c1ccc(-c2c[nH]c3c([Si](C)(C)C(C)(C)C)cc(-c4nccs4)c-3c2)cc1. The fraction of sp³-hybridized carbons (Fsp3) is 0.320. The molecule has 1 N–H and O–H groups in total. The highest BCUT2D eigenvalue weighted by atomic mass is 32.1. The maximum absolute atomic E-state index is 4.64. The monoisotopic (exact) mass is 433 g/mol. The molecule has 1 aliphatic carbocycles. The van der Waals surface area contributed by atoms with Crippen LogP contribution in [0.5, 0.6) is 0 Å². The molecule has 5 heteroatoms. The lowest BCUT2D eigenvalue weighted by Crippen LogP contribution is -2.49. The third kappa shape index (κ3) is 3.50. The van der Waals surface area contributed by atoms with Crippen LogP contribution in [0.1, 0.15) is 20.8 Å². The Morgan fingerprint density at radius 2 is 1.67 bits per heavy atom. The number of nitrogens with one attached hydrogen (secondary N) is 1. The number of hydrogen-bond donors (Lipinski definition) is 1. The van der Waals surface area contributed by atoms with Crippen molar-refractivity contribution in [1.29, 1.82) is 0 Å². The van der Waals surface area contributed by atoms with Gasteiger partial charge < -0.3 is 9.88 Å². The van der Waals surface area contributed by atoms with Gasteiger partial charge in [-0.05, 0) is 45.6 Å². The molecule has 1 aromatic heterocycles. The maximum atomic E-state index is 4.64. The van der Waals surface area contributed by atoms with Gasteiger partial charge in [0.1, 0.15) is 5.01 Å². The number of fused-ring (bicyclic) bond motifs is 1. The molecule has 1 aliphatic heterocycles. The Kier molecular flexibility index (Phi) is 5.15. The van der Waals surface area contributed by atoms with Crippen LogP contribution >= 0.6 is 11.3 Å². The van der Waals surface area contributed by atoms with Crippen LogP contribution in [0.25, 0.3) is 33.0 Å². The average molecular weight is 434 g/mol. The molecule has 0 amide bonds. The van der Waals surface area contributed by atoms with Crippen LogP contribution in [0, 0.1) is 0 Å². The van der Waals surface area contributed by atoms with Crippen molar-refractivity contribution in [3.05, 3.63) is 54.2 Å². The van der Waals surface area contributed by atoms with E-state index in [2.05, 4.69) is 111 Å². The van der Waals surface area contributed by atoms with Crippen molar-refractivity contribution in [3.8, 4) is 33.0 Å². The Morgan fingerprint density at radius 3 is 2.23 bits per heavy atom. The summed E-state index contributed by atoms with van der Waals surface area (Å²) in [6.07, 6.45) is 4.06. The molecule has 3 nitrogen and oxygen atoms in total. The van der Waals surface area contributed by atoms with E-state index in [1.165, 1.54) is 38.8 Å². The quantitative estimate of drug-likeness (QED) is 0.363. The molecule has 0 saturated heterocycles. The molecule has 0 fully saturated rings. The maximum Gasteiger partial charge on any atom is 0.123 e. The standard InChI is InChI=1S/C25H31N3SSi/c1-25(2,3)30(6,7)22-15-21(24-26-12-13-29-24)20-14-18(16-27-23(20)22)17-8-10-19(11-9-17)28(4)5/h8-16,27H,1-7H3. The zero-order valence-corrected chi connectivity index (χ0v) is 20.8. The first kappa shape index (κ1) is 20.9. The first-order valence-corrected chi connectivity index (χ1v) is 14.3. The molecule has 0 unspecified atom stereocenters. The summed E-state index contributed by atoms with van der Waals surface area (Å²) < 4.78 is 0. The van der Waals surface area contributed by atoms with Crippen LogP contribution in [-0.2, 0) is 0 Å². The summed E-state index contributed by atoms with van der Waals surface area (Å²) in [7, 11) is 2.43. The number of nitrogens with zero attached hydrogens (tertiary/aromatic N) is 2. The van der Waals surface area contributed by atoms with Crippen LogP contribution in [0.2, 0.25) is 18.1 Å². The third-order valence-corrected chi connectivity index (χ3v) is 13.0. The van der Waals surface area contributed by atoms with E-state index in [0.29, 0.717) is 0 Å². The number of anilines is 1. The molecular formula is C25H31N3SSi. The first-order valence-electron chi connectivity index (χ1n) is 10.4. The molecule has 2 aliphatic rings. The lowest BCUT2D eigenvalue weighted by Gasteiger charge is -2.37. The molecule has 0 radical (unpaired) electrons. The second-order valence-corrected chi connectivity index (χ2v) is 16.0. The lowest BCUT2D eigenvalue weighted by atomic mass is 10.0. The highest BCUT2D eigenvalue weighted by Crippen LogP contribution is 2.43. The van der Waals surface area contributed by atoms with E-state index in [9.17, 15) is 0 Å². The van der Waals surface area contributed by atoms with Gasteiger partial charge in [-0.25, -0.2) is 4.98 Å². The Labute approximate surface area is 185 Å². The number of hydrogen-bond acceptors (Lipinski definition) is 3. The molecule has 1 aromatic carbocycles. The summed E-state index contributed by atoms with van der Waals surface area (Å²) >= 11 is 1.71. The van der Waals surface area contributed by atoms with Gasteiger partial charge >= 0.3 is 0 Å². The summed E-state index contributed by atoms with van der Waals surface area (Å²) in [6.45, 7) is 12.1. The number of pyridine rings is 1. The highest BCUT2D eigenvalue weighted by molar-refractivity contribution is 7.13. The smallest absolute Gasteiger partial charge is 0.123 e. The van der Waals surface area contributed by atoms with E-state index in [0.717, 1.165) is 5.01 Å². The average Bonchev–Trinajstić information content (AvgIpc) is 3.34. The van der Waals surface area contributed by atoms with Crippen molar-refractivity contribution in [2.45, 2.75) is 38.9 Å². The summed E-state index contributed by atoms with van der Waals surface area (Å²) in [5.74, 6) is 0. The minimum atomic E-state index is -1.71. The Balaban J connectivity index is 1.90. The zero-order chi connectivity index (χ0) is 21.7. The molecule has 4 rings (SSSR count). The second kappa shape index (κ2) is 7.40. The van der Waals surface area contributed by atoms with Crippen molar-refractivity contribution in [1.82, 2.24) is 9.97 Å². The number of aromatic amines is 1. The van der Waals surface area contributed by atoms with Crippen LogP contribution in [0.3, 0.4) is 0 Å². The predicted molar refractivity (Wildman–Crippen MR) is 135 cm³/mol. The molecule has 0 bridgehead atoms. The summed E-state index contributed by atoms with van der Waals surface area (Å²) in [4.78, 5) is 10.5. The minimum Gasteiger partial charge on any atom is -0.378 e. The van der Waals surface area contributed by atoms with Gasteiger partial charge in [-0.1, -0.05) is 46.0 Å². The molecule has 156 valence electrons. The van der Waals surface area contributed by atoms with Crippen molar-refractivity contribution >= 4 is 30.3 Å². The summed E-state index contributed by atoms with van der Waals surface area (Å²) in [5, 5.41) is 4.92. The van der Waals surface area contributed by atoms with Crippen molar-refractivity contribution < 1.29 is 0 Å². The van der Waals surface area contributed by atoms with E-state index >= 15 is 0 Å². The molecule has 30 heavy (non-hydrogen) atoms. The van der Waals surface area contributed by atoms with Gasteiger partial charge in [-0.15, -0.1) is 11.3 Å². The minimum absolute atomic E-state index is 0.267. The van der Waals surface area contributed by atoms with Gasteiger partial charge in [0.2, 0.25) is 0 Å². The molecule has 0 atom stereocenters. The van der Waals surface area contributed by atoms with Crippen LogP contribution in [0.4, 0.5) is 5.69 Å². The Hall–Kier alpha value is -2.37. The number of benzene rings is 1. The van der Waals surface area contributed by atoms with E-state index < -0.39 is 8.07 Å². The second-order valence-electron chi connectivity index (χ2n) is 9.80. The molecule has 0 saturated carbocycles. The molecule has 2 heterocycles. The predicted octanol–water partition coefficient (Wildman–Crippen LogP) is 6.69. The van der Waals surface area contributed by atoms with Gasteiger partial charge in [0.15, 0.2) is 0 Å². The fourth-order valence-corrected chi connectivity index (χ4v) is 6.59. The van der Waals surface area contributed by atoms with Gasteiger partial charge in [-0.3, -0.25) is 0 Å². The van der Waals surface area contributed by atoms with Crippen molar-refractivity contribution in [3.63, 3.8) is 0 Å². The number of thiazole rings is 1. The molecule has 2 aromatic rings. The van der Waals surface area contributed by atoms with Crippen molar-refractivity contribution in [2.75, 3.05) is 19.0 Å². The Morgan fingerprint density at radius 1 is 0.967 bits per heavy atom. The lowest BCUT2D eigenvalue weighted by molar-refractivity contribution is 0.729. The number of aromatic nitrogens is 2. The topological polar surface area (TPSA) is 31.9 Å². The first-order chi connectivity index (χ1) is 14.1. The summed E-state index contributed by atoms with van der Waals surface area (Å²) in [6, 6.07) is 13.5. The van der Waals surface area contributed by atoms with Crippen molar-refractivity contribution in [2.24, 2.45) is 0 Å². The van der Waals surface area contributed by atoms with Crippen LogP contribution in [0.15, 0.2) is 54.2 Å². The Bertz CT molecular complexity index is 1120. The zero-order valence-electron chi connectivity index (χ0n) is 19.0. The van der Waals surface area contributed by atoms with Gasteiger partial charge in [0.05, 0.1) is 8.07 Å². The van der Waals surface area contributed by atoms with E-state index in [4.69, 9.17) is 0 Å². The van der Waals surface area contributed by atoms with Crippen LogP contribution < -0.4 is 10.1 Å². The van der Waals surface area contributed by atoms with Gasteiger partial charge in [0, 0.05) is 54.4 Å². The van der Waals surface area contributed by atoms with E-state index in [1.54, 1.807) is 11.3 Å². The molecule has 0 spiro atoms. The van der Waals surface area contributed by atoms with Gasteiger partial charge in [0.25, 0.3) is 0 Å². The normalized spacial score (nSPS) is 12.5. The number of H-pyrrole nitrogens is 1. The largest absolute Gasteiger partial charge is 0.378 e. The molecular weight excluding hydrogens is 402 g/mol. The number of rotatable bonds is 4. The fourth-order valence-electron chi connectivity index (χ4n) is 3.78. The van der Waals surface area contributed by atoms with Crippen LogP contribution in [-0.4, -0.2) is 32.1 Å². The highest BCUT2D eigenvalue weighted by Gasteiger charge is 2.40. The summed E-state index contributed by atoms with van der Waals surface area (Å²) in [5.41, 5.74) is 7.44. The third-order valence-electron chi connectivity index (χ3n) is 6.72. The van der Waals surface area contributed by atoms with Gasteiger partial charge in [-0.2, -0.15) is 0 Å².